The topological polar surface area (TPSA) is 12.0 Å². The minimum Gasteiger partial charge on any atom is -0.304 e. The van der Waals surface area contributed by atoms with Crippen molar-refractivity contribution in [3.8, 4) is 0 Å². The number of hydrogen-bond acceptors (Lipinski definition) is 2. The Bertz CT molecular complexity index is 277. The average molecular weight is 219 g/mol. The molecule has 0 saturated carbocycles. The molecule has 80 valence electrons. The predicted molar refractivity (Wildman–Crippen MR) is 56.1 cm³/mol. The average Bonchev–Trinajstić information content (AvgIpc) is 2.42. The fraction of sp³-hybridized carbons (Fsp3) is 0.600. The van der Waals surface area contributed by atoms with Gasteiger partial charge in [-0.05, 0) is 32.4 Å². The molecule has 14 heavy (non-hydrogen) atoms. The first-order chi connectivity index (χ1) is 6.50. The van der Waals surface area contributed by atoms with Crippen LogP contribution in [0.4, 0.5) is 8.78 Å². The molecule has 0 aromatic carbocycles. The third-order valence-electron chi connectivity index (χ3n) is 2.19. The van der Waals surface area contributed by atoms with Crippen LogP contribution in [0.3, 0.4) is 0 Å². The fourth-order valence-electron chi connectivity index (χ4n) is 1.09. The second-order valence-electron chi connectivity index (χ2n) is 3.46. The highest BCUT2D eigenvalue weighted by atomic mass is 32.1. The Labute approximate surface area is 87.1 Å². The van der Waals surface area contributed by atoms with Crippen LogP contribution in [-0.2, 0) is 6.54 Å². The monoisotopic (exact) mass is 219 g/mol. The standard InChI is InChI=1S/C10H15F2NS/c1-6-4-9(14-8(6)3)5-13-7(2)10(11)12/h4,7,10,13H,5H2,1-3H3. The van der Waals surface area contributed by atoms with Crippen LogP contribution in [0, 0.1) is 13.8 Å². The van der Waals surface area contributed by atoms with E-state index in [0.717, 1.165) is 4.88 Å². The predicted octanol–water partition coefficient (Wildman–Crippen LogP) is 3.11. The lowest BCUT2D eigenvalue weighted by Gasteiger charge is -2.10. The number of aryl methyl sites for hydroxylation is 2. The molecule has 1 N–H and O–H groups in total. The number of alkyl halides is 2. The molecule has 1 aromatic heterocycles. The molecule has 0 fully saturated rings. The maximum atomic E-state index is 12.2. The summed E-state index contributed by atoms with van der Waals surface area (Å²) < 4.78 is 24.3. The van der Waals surface area contributed by atoms with Crippen LogP contribution in [0.2, 0.25) is 0 Å². The summed E-state index contributed by atoms with van der Waals surface area (Å²) in [5.41, 5.74) is 1.23. The van der Waals surface area contributed by atoms with E-state index in [1.807, 2.05) is 19.9 Å². The first-order valence-corrected chi connectivity index (χ1v) is 5.39. The van der Waals surface area contributed by atoms with Gasteiger partial charge in [0.25, 0.3) is 6.43 Å². The van der Waals surface area contributed by atoms with E-state index in [1.54, 1.807) is 11.3 Å². The van der Waals surface area contributed by atoms with Crippen molar-refractivity contribution >= 4 is 11.3 Å². The smallest absolute Gasteiger partial charge is 0.253 e. The van der Waals surface area contributed by atoms with E-state index >= 15 is 0 Å². The molecule has 0 spiro atoms. The molecule has 0 amide bonds. The van der Waals surface area contributed by atoms with Gasteiger partial charge < -0.3 is 5.32 Å². The van der Waals surface area contributed by atoms with Crippen molar-refractivity contribution in [2.24, 2.45) is 0 Å². The van der Waals surface area contributed by atoms with Crippen molar-refractivity contribution in [1.29, 1.82) is 0 Å². The Morgan fingerprint density at radius 3 is 2.50 bits per heavy atom. The highest BCUT2D eigenvalue weighted by Gasteiger charge is 2.13. The molecular formula is C10H15F2NS. The Kier molecular flexibility index (Phi) is 4.01. The Balaban J connectivity index is 2.46. The summed E-state index contributed by atoms with van der Waals surface area (Å²) in [5, 5.41) is 2.80. The number of rotatable bonds is 4. The molecule has 4 heteroatoms. The van der Waals surface area contributed by atoms with E-state index < -0.39 is 12.5 Å². The van der Waals surface area contributed by atoms with Crippen molar-refractivity contribution in [2.75, 3.05) is 0 Å². The summed E-state index contributed by atoms with van der Waals surface area (Å²) in [7, 11) is 0. The number of hydrogen-bond donors (Lipinski definition) is 1. The maximum absolute atomic E-state index is 12.2. The number of nitrogens with one attached hydrogen (secondary N) is 1. The van der Waals surface area contributed by atoms with E-state index in [1.165, 1.54) is 17.4 Å². The third kappa shape index (κ3) is 3.03. The van der Waals surface area contributed by atoms with Crippen LogP contribution in [-0.4, -0.2) is 12.5 Å². The number of halogens is 2. The first-order valence-electron chi connectivity index (χ1n) is 4.58. The van der Waals surface area contributed by atoms with E-state index in [0.29, 0.717) is 6.54 Å². The molecule has 0 radical (unpaired) electrons. The summed E-state index contributed by atoms with van der Waals surface area (Å²) in [5.74, 6) is 0. The van der Waals surface area contributed by atoms with Gasteiger partial charge in [0.2, 0.25) is 0 Å². The highest BCUT2D eigenvalue weighted by molar-refractivity contribution is 7.12. The lowest BCUT2D eigenvalue weighted by atomic mass is 10.3. The summed E-state index contributed by atoms with van der Waals surface area (Å²) in [6, 6.07) is 1.31. The van der Waals surface area contributed by atoms with Gasteiger partial charge in [-0.1, -0.05) is 0 Å². The van der Waals surface area contributed by atoms with Crippen molar-refractivity contribution in [3.63, 3.8) is 0 Å². The second-order valence-corrected chi connectivity index (χ2v) is 4.80. The molecule has 0 saturated heterocycles. The zero-order chi connectivity index (χ0) is 10.7. The normalized spacial score (nSPS) is 13.6. The van der Waals surface area contributed by atoms with Gasteiger partial charge in [0.05, 0.1) is 6.04 Å². The van der Waals surface area contributed by atoms with Crippen LogP contribution in [0.5, 0.6) is 0 Å². The van der Waals surface area contributed by atoms with Crippen molar-refractivity contribution in [1.82, 2.24) is 5.32 Å². The molecule has 1 unspecified atom stereocenters. The Morgan fingerprint density at radius 2 is 2.07 bits per heavy atom. The van der Waals surface area contributed by atoms with Crippen molar-refractivity contribution in [2.45, 2.75) is 39.8 Å². The van der Waals surface area contributed by atoms with Crippen LogP contribution < -0.4 is 5.32 Å². The Hall–Kier alpha value is -0.480. The molecule has 1 nitrogen and oxygen atoms in total. The molecule has 0 aliphatic carbocycles. The van der Waals surface area contributed by atoms with Crippen LogP contribution in [0.25, 0.3) is 0 Å². The van der Waals surface area contributed by atoms with Gasteiger partial charge in [-0.15, -0.1) is 11.3 Å². The minimum atomic E-state index is -2.29. The van der Waals surface area contributed by atoms with Gasteiger partial charge in [0.15, 0.2) is 0 Å². The summed E-state index contributed by atoms with van der Waals surface area (Å²) in [4.78, 5) is 2.37. The molecule has 1 atom stereocenters. The van der Waals surface area contributed by atoms with E-state index in [2.05, 4.69) is 5.32 Å². The molecule has 0 aliphatic heterocycles. The third-order valence-corrected chi connectivity index (χ3v) is 3.35. The van der Waals surface area contributed by atoms with E-state index in [9.17, 15) is 8.78 Å². The maximum Gasteiger partial charge on any atom is 0.253 e. The lowest BCUT2D eigenvalue weighted by Crippen LogP contribution is -2.31. The highest BCUT2D eigenvalue weighted by Crippen LogP contribution is 2.20. The fourth-order valence-corrected chi connectivity index (χ4v) is 2.09. The SMILES string of the molecule is Cc1cc(CNC(C)C(F)F)sc1C. The first kappa shape index (κ1) is 11.6. The van der Waals surface area contributed by atoms with Gasteiger partial charge in [-0.3, -0.25) is 0 Å². The van der Waals surface area contributed by atoms with E-state index in [4.69, 9.17) is 0 Å². The quantitative estimate of drug-likeness (QED) is 0.820. The largest absolute Gasteiger partial charge is 0.304 e. The zero-order valence-corrected chi connectivity index (χ0v) is 9.42. The minimum absolute atomic E-state index is 0.533. The second kappa shape index (κ2) is 4.84. The summed E-state index contributed by atoms with van der Waals surface area (Å²) in [6.07, 6.45) is -2.29. The zero-order valence-electron chi connectivity index (χ0n) is 8.60. The molecular weight excluding hydrogens is 204 g/mol. The van der Waals surface area contributed by atoms with Crippen LogP contribution >= 0.6 is 11.3 Å². The Morgan fingerprint density at radius 1 is 1.43 bits per heavy atom. The van der Waals surface area contributed by atoms with Gasteiger partial charge in [0.1, 0.15) is 0 Å². The van der Waals surface area contributed by atoms with Crippen LogP contribution in [0.15, 0.2) is 6.07 Å². The summed E-state index contributed by atoms with van der Waals surface area (Å²) in [6.45, 7) is 6.11. The molecule has 1 rings (SSSR count). The number of thiophene rings is 1. The summed E-state index contributed by atoms with van der Waals surface area (Å²) >= 11 is 1.66. The van der Waals surface area contributed by atoms with Crippen molar-refractivity contribution in [3.05, 3.63) is 21.4 Å². The molecule has 0 bridgehead atoms. The van der Waals surface area contributed by atoms with Crippen molar-refractivity contribution < 1.29 is 8.78 Å². The molecule has 1 heterocycles. The van der Waals surface area contributed by atoms with Gasteiger partial charge in [0, 0.05) is 16.3 Å². The molecule has 0 aliphatic rings. The van der Waals surface area contributed by atoms with Crippen LogP contribution in [0.1, 0.15) is 22.2 Å². The lowest BCUT2D eigenvalue weighted by molar-refractivity contribution is 0.105. The van der Waals surface area contributed by atoms with Gasteiger partial charge >= 0.3 is 0 Å². The van der Waals surface area contributed by atoms with E-state index in [-0.39, 0.29) is 0 Å². The van der Waals surface area contributed by atoms with Gasteiger partial charge in [-0.25, -0.2) is 8.78 Å². The van der Waals surface area contributed by atoms with Gasteiger partial charge in [-0.2, -0.15) is 0 Å². The molecule has 1 aromatic rings.